The lowest BCUT2D eigenvalue weighted by atomic mass is 9.93. The van der Waals surface area contributed by atoms with Gasteiger partial charge >= 0.3 is 0 Å². The molecule has 3 heteroatoms. The van der Waals surface area contributed by atoms with Crippen LogP contribution in [0.1, 0.15) is 70.1 Å². The Hall–Kier alpha value is -0.410. The van der Waals surface area contributed by atoms with Crippen LogP contribution in [-0.2, 0) is 5.41 Å². The van der Waals surface area contributed by atoms with Crippen LogP contribution in [0.4, 0.5) is 0 Å². The molecule has 1 aromatic rings. The first-order valence-corrected chi connectivity index (χ1v) is 7.50. The number of aromatic nitrogens is 1. The molecule has 0 saturated heterocycles. The van der Waals surface area contributed by atoms with Crippen molar-refractivity contribution < 1.29 is 0 Å². The molecular formula is C14H26N2S. The molecule has 0 saturated carbocycles. The molecule has 1 heterocycles. The molecule has 0 aromatic carbocycles. The van der Waals surface area contributed by atoms with Crippen LogP contribution in [0.5, 0.6) is 0 Å². The second kappa shape index (κ2) is 6.50. The minimum absolute atomic E-state index is 0.163. The molecule has 1 unspecified atom stereocenters. The lowest BCUT2D eigenvalue weighted by Crippen LogP contribution is -2.17. The van der Waals surface area contributed by atoms with Gasteiger partial charge in [0, 0.05) is 10.8 Å². The molecule has 0 aliphatic carbocycles. The van der Waals surface area contributed by atoms with Crippen molar-refractivity contribution in [2.75, 3.05) is 7.05 Å². The maximum Gasteiger partial charge on any atom is 0.110 e. The standard InChI is InChI=1S/C14H26N2S/c1-6-7-8-9-11(15-5)13-16-12(10-17-13)14(2,3)4/h10-11,15H,6-9H2,1-5H3. The highest BCUT2D eigenvalue weighted by Crippen LogP contribution is 2.28. The van der Waals surface area contributed by atoms with Crippen LogP contribution in [0.3, 0.4) is 0 Å². The number of nitrogens with one attached hydrogen (secondary N) is 1. The maximum absolute atomic E-state index is 4.79. The summed E-state index contributed by atoms with van der Waals surface area (Å²) in [4.78, 5) is 4.79. The third-order valence-electron chi connectivity index (χ3n) is 3.03. The van der Waals surface area contributed by atoms with Crippen molar-refractivity contribution in [2.45, 2.75) is 64.8 Å². The molecule has 1 rings (SSSR count). The molecule has 0 aliphatic heterocycles. The van der Waals surface area contributed by atoms with Gasteiger partial charge in [-0.1, -0.05) is 47.0 Å². The molecule has 98 valence electrons. The molecule has 0 radical (unpaired) electrons. The lowest BCUT2D eigenvalue weighted by molar-refractivity contribution is 0.503. The van der Waals surface area contributed by atoms with Crippen LogP contribution in [0.25, 0.3) is 0 Å². The van der Waals surface area contributed by atoms with Gasteiger partial charge in [-0.15, -0.1) is 11.3 Å². The van der Waals surface area contributed by atoms with E-state index in [0.717, 1.165) is 0 Å². The minimum Gasteiger partial charge on any atom is -0.311 e. The van der Waals surface area contributed by atoms with Crippen LogP contribution in [0.2, 0.25) is 0 Å². The zero-order chi connectivity index (χ0) is 12.9. The highest BCUT2D eigenvalue weighted by molar-refractivity contribution is 7.09. The Bertz CT molecular complexity index is 325. The van der Waals surface area contributed by atoms with E-state index >= 15 is 0 Å². The zero-order valence-electron chi connectivity index (χ0n) is 11.8. The quantitative estimate of drug-likeness (QED) is 0.766. The van der Waals surface area contributed by atoms with E-state index in [4.69, 9.17) is 4.98 Å². The third kappa shape index (κ3) is 4.40. The van der Waals surface area contributed by atoms with Gasteiger partial charge in [0.1, 0.15) is 5.01 Å². The van der Waals surface area contributed by atoms with Gasteiger partial charge in [-0.25, -0.2) is 4.98 Å². The van der Waals surface area contributed by atoms with Gasteiger partial charge in [0.15, 0.2) is 0 Å². The van der Waals surface area contributed by atoms with Crippen molar-refractivity contribution in [2.24, 2.45) is 0 Å². The number of unbranched alkanes of at least 4 members (excludes halogenated alkanes) is 2. The fourth-order valence-corrected chi connectivity index (χ4v) is 2.97. The maximum atomic E-state index is 4.79. The monoisotopic (exact) mass is 254 g/mol. The normalized spacial score (nSPS) is 13.9. The summed E-state index contributed by atoms with van der Waals surface area (Å²) in [6.07, 6.45) is 5.07. The van der Waals surface area contributed by atoms with E-state index in [1.165, 1.54) is 36.4 Å². The van der Waals surface area contributed by atoms with E-state index in [0.29, 0.717) is 6.04 Å². The Morgan fingerprint density at radius 3 is 2.53 bits per heavy atom. The van der Waals surface area contributed by atoms with Crippen molar-refractivity contribution in [3.63, 3.8) is 0 Å². The molecule has 0 aliphatic rings. The van der Waals surface area contributed by atoms with Gasteiger partial charge in [-0.2, -0.15) is 0 Å². The van der Waals surface area contributed by atoms with Gasteiger partial charge in [0.2, 0.25) is 0 Å². The molecule has 2 nitrogen and oxygen atoms in total. The first kappa shape index (κ1) is 14.7. The van der Waals surface area contributed by atoms with Crippen LogP contribution in [0.15, 0.2) is 5.38 Å². The van der Waals surface area contributed by atoms with Crippen LogP contribution in [-0.4, -0.2) is 12.0 Å². The van der Waals surface area contributed by atoms with Gasteiger partial charge < -0.3 is 5.32 Å². The third-order valence-corrected chi connectivity index (χ3v) is 3.99. The van der Waals surface area contributed by atoms with Crippen molar-refractivity contribution in [3.05, 3.63) is 16.1 Å². The molecule has 1 aromatic heterocycles. The minimum atomic E-state index is 0.163. The number of hydrogen-bond donors (Lipinski definition) is 1. The number of hydrogen-bond acceptors (Lipinski definition) is 3. The first-order valence-electron chi connectivity index (χ1n) is 6.62. The predicted octanol–water partition coefficient (Wildman–Crippen LogP) is 4.28. The van der Waals surface area contributed by atoms with Crippen molar-refractivity contribution in [1.29, 1.82) is 0 Å². The van der Waals surface area contributed by atoms with Crippen LogP contribution in [0, 0.1) is 0 Å². The van der Waals surface area contributed by atoms with Gasteiger partial charge in [-0.05, 0) is 13.5 Å². The molecule has 17 heavy (non-hydrogen) atoms. The van der Waals surface area contributed by atoms with Crippen molar-refractivity contribution in [1.82, 2.24) is 10.3 Å². The van der Waals surface area contributed by atoms with Crippen LogP contribution >= 0.6 is 11.3 Å². The Balaban J connectivity index is 2.66. The van der Waals surface area contributed by atoms with Gasteiger partial charge in [-0.3, -0.25) is 0 Å². The molecule has 1 atom stereocenters. The fourth-order valence-electron chi connectivity index (χ4n) is 1.78. The van der Waals surface area contributed by atoms with E-state index in [-0.39, 0.29) is 5.41 Å². The number of rotatable bonds is 6. The average molecular weight is 254 g/mol. The molecule has 0 bridgehead atoms. The Morgan fingerprint density at radius 1 is 1.35 bits per heavy atom. The molecule has 0 spiro atoms. The largest absolute Gasteiger partial charge is 0.311 e. The smallest absolute Gasteiger partial charge is 0.110 e. The first-order chi connectivity index (χ1) is 7.99. The summed E-state index contributed by atoms with van der Waals surface area (Å²) in [5.41, 5.74) is 1.38. The van der Waals surface area contributed by atoms with Crippen LogP contribution < -0.4 is 5.32 Å². The van der Waals surface area contributed by atoms with Gasteiger partial charge in [0.25, 0.3) is 0 Å². The highest BCUT2D eigenvalue weighted by Gasteiger charge is 2.20. The summed E-state index contributed by atoms with van der Waals surface area (Å²) in [6, 6.07) is 0.433. The summed E-state index contributed by atoms with van der Waals surface area (Å²) in [5, 5.41) is 6.84. The molecule has 0 fully saturated rings. The SMILES string of the molecule is CCCCCC(NC)c1nc(C(C)(C)C)cs1. The predicted molar refractivity (Wildman–Crippen MR) is 76.8 cm³/mol. The van der Waals surface area contributed by atoms with Gasteiger partial charge in [0.05, 0.1) is 11.7 Å². The summed E-state index contributed by atoms with van der Waals surface area (Å²) in [6.45, 7) is 8.90. The summed E-state index contributed by atoms with van der Waals surface area (Å²) < 4.78 is 0. The van der Waals surface area contributed by atoms with E-state index in [1.54, 1.807) is 11.3 Å². The fraction of sp³-hybridized carbons (Fsp3) is 0.786. The Morgan fingerprint density at radius 2 is 2.06 bits per heavy atom. The number of thiazole rings is 1. The molecular weight excluding hydrogens is 228 g/mol. The van der Waals surface area contributed by atoms with E-state index < -0.39 is 0 Å². The number of nitrogens with zero attached hydrogens (tertiary/aromatic N) is 1. The Labute approximate surface area is 110 Å². The van der Waals surface area contributed by atoms with Crippen molar-refractivity contribution >= 4 is 11.3 Å². The summed E-state index contributed by atoms with van der Waals surface area (Å²) >= 11 is 1.79. The van der Waals surface area contributed by atoms with E-state index in [1.807, 2.05) is 7.05 Å². The van der Waals surface area contributed by atoms with Crippen molar-refractivity contribution in [3.8, 4) is 0 Å². The highest BCUT2D eigenvalue weighted by atomic mass is 32.1. The molecule has 1 N–H and O–H groups in total. The summed E-state index contributed by atoms with van der Waals surface area (Å²) in [7, 11) is 2.04. The summed E-state index contributed by atoms with van der Waals surface area (Å²) in [5.74, 6) is 0. The lowest BCUT2D eigenvalue weighted by Gasteiger charge is -2.16. The van der Waals surface area contributed by atoms with E-state index in [9.17, 15) is 0 Å². The second-order valence-corrected chi connectivity index (χ2v) is 6.55. The topological polar surface area (TPSA) is 24.9 Å². The van der Waals surface area contributed by atoms with E-state index in [2.05, 4.69) is 38.4 Å². The zero-order valence-corrected chi connectivity index (χ0v) is 12.7. The Kier molecular flexibility index (Phi) is 5.60. The second-order valence-electron chi connectivity index (χ2n) is 5.66. The average Bonchev–Trinajstić information content (AvgIpc) is 2.73. The molecule has 0 amide bonds.